The fraction of sp³-hybridized carbons (Fsp3) is 0.500. The molecule has 1 aromatic rings. The van der Waals surface area contributed by atoms with E-state index in [-0.39, 0.29) is 18.2 Å². The number of aromatic nitrogens is 2. The molecule has 0 spiro atoms. The van der Waals surface area contributed by atoms with Gasteiger partial charge in [-0.25, -0.2) is 4.79 Å². The van der Waals surface area contributed by atoms with E-state index in [2.05, 4.69) is 15.3 Å². The number of aliphatic hydroxyl groups is 1. The van der Waals surface area contributed by atoms with Gasteiger partial charge >= 0.3 is 5.69 Å². The van der Waals surface area contributed by atoms with Crippen molar-refractivity contribution < 1.29 is 9.90 Å². The van der Waals surface area contributed by atoms with E-state index >= 15 is 0 Å². The predicted octanol–water partition coefficient (Wildman–Crippen LogP) is -0.0920. The summed E-state index contributed by atoms with van der Waals surface area (Å²) in [4.78, 5) is 38.9. The van der Waals surface area contributed by atoms with E-state index in [0.29, 0.717) is 18.0 Å². The summed E-state index contributed by atoms with van der Waals surface area (Å²) in [7, 11) is 0. The monoisotopic (exact) mass is 295 g/mol. The fourth-order valence-corrected chi connectivity index (χ4v) is 1.97. The van der Waals surface area contributed by atoms with Crippen molar-refractivity contribution >= 4 is 12.0 Å². The van der Waals surface area contributed by atoms with Crippen LogP contribution in [0.3, 0.4) is 0 Å². The van der Waals surface area contributed by atoms with Crippen LogP contribution in [-0.4, -0.2) is 33.6 Å². The average molecular weight is 295 g/mol. The summed E-state index contributed by atoms with van der Waals surface area (Å²) < 4.78 is 0. The smallest absolute Gasteiger partial charge is 0.325 e. The zero-order valence-corrected chi connectivity index (χ0v) is 12.4. The molecule has 0 radical (unpaired) electrons. The minimum absolute atomic E-state index is 0.143. The van der Waals surface area contributed by atoms with Crippen molar-refractivity contribution in [2.75, 3.05) is 6.61 Å². The molecule has 0 bridgehead atoms. The van der Waals surface area contributed by atoms with Crippen LogP contribution in [0.15, 0.2) is 15.7 Å². The van der Waals surface area contributed by atoms with Crippen molar-refractivity contribution in [3.63, 3.8) is 0 Å². The lowest BCUT2D eigenvalue weighted by Gasteiger charge is -2.17. The van der Waals surface area contributed by atoms with E-state index in [1.807, 2.05) is 13.8 Å². The maximum atomic E-state index is 11.8. The molecule has 1 aromatic heterocycles. The molecule has 0 saturated heterocycles. The Hall–Kier alpha value is -2.15. The summed E-state index contributed by atoms with van der Waals surface area (Å²) >= 11 is 0. The second-order valence-corrected chi connectivity index (χ2v) is 5.30. The fourth-order valence-electron chi connectivity index (χ4n) is 1.97. The molecule has 0 aliphatic heterocycles. The van der Waals surface area contributed by atoms with Crippen molar-refractivity contribution in [2.24, 2.45) is 5.92 Å². The van der Waals surface area contributed by atoms with Gasteiger partial charge in [0.1, 0.15) is 0 Å². The van der Waals surface area contributed by atoms with E-state index < -0.39 is 17.2 Å². The number of hydrogen-bond donors (Lipinski definition) is 4. The lowest BCUT2D eigenvalue weighted by Crippen LogP contribution is -2.37. The summed E-state index contributed by atoms with van der Waals surface area (Å²) in [6.45, 7) is 5.42. The van der Waals surface area contributed by atoms with Crippen LogP contribution in [0.1, 0.15) is 31.5 Å². The number of rotatable bonds is 6. The van der Waals surface area contributed by atoms with Crippen LogP contribution in [0.5, 0.6) is 0 Å². The summed E-state index contributed by atoms with van der Waals surface area (Å²) in [6.07, 6.45) is 3.20. The van der Waals surface area contributed by atoms with Gasteiger partial charge in [-0.1, -0.05) is 13.8 Å². The molecule has 7 nitrogen and oxygen atoms in total. The summed E-state index contributed by atoms with van der Waals surface area (Å²) in [5.41, 5.74) is -0.541. The zero-order valence-electron chi connectivity index (χ0n) is 12.4. The Kier molecular flexibility index (Phi) is 6.10. The number of hydrogen-bond acceptors (Lipinski definition) is 4. The standard InChI is InChI=1S/C14H21N3O4/c1-8(2)6-10(7-18)16-12(19)5-4-11-9(3)15-14(21)17-13(11)20/h4-5,8,10,18H,6-7H2,1-3H3,(H,16,19)(H2,15,17,20,21)/b5-4+/t10-/m1/s1. The normalized spacial score (nSPS) is 12.8. The second-order valence-electron chi connectivity index (χ2n) is 5.30. The van der Waals surface area contributed by atoms with Crippen molar-refractivity contribution in [1.29, 1.82) is 0 Å². The average Bonchev–Trinajstić information content (AvgIpc) is 2.35. The molecule has 21 heavy (non-hydrogen) atoms. The largest absolute Gasteiger partial charge is 0.394 e. The third-order valence-electron chi connectivity index (χ3n) is 2.90. The highest BCUT2D eigenvalue weighted by molar-refractivity contribution is 5.91. The molecule has 0 aliphatic rings. The number of aryl methyl sites for hydroxylation is 1. The van der Waals surface area contributed by atoms with Crippen LogP contribution in [0.2, 0.25) is 0 Å². The second kappa shape index (κ2) is 7.58. The van der Waals surface area contributed by atoms with E-state index in [1.165, 1.54) is 12.2 Å². The number of aliphatic hydroxyl groups excluding tert-OH is 1. The number of H-pyrrole nitrogens is 2. The number of carbonyl (C=O) groups excluding carboxylic acids is 1. The summed E-state index contributed by atoms with van der Waals surface area (Å²) in [6, 6.07) is -0.322. The minimum atomic E-state index is -0.587. The molecule has 0 aromatic carbocycles. The summed E-state index contributed by atoms with van der Waals surface area (Å²) in [5, 5.41) is 11.9. The highest BCUT2D eigenvalue weighted by Crippen LogP contribution is 2.04. The maximum Gasteiger partial charge on any atom is 0.325 e. The van der Waals surface area contributed by atoms with E-state index in [1.54, 1.807) is 6.92 Å². The third-order valence-corrected chi connectivity index (χ3v) is 2.90. The number of carbonyl (C=O) groups is 1. The van der Waals surface area contributed by atoms with Crippen LogP contribution in [-0.2, 0) is 4.79 Å². The van der Waals surface area contributed by atoms with Gasteiger partial charge in [-0.15, -0.1) is 0 Å². The maximum absolute atomic E-state index is 11.8. The molecule has 0 aliphatic carbocycles. The molecule has 4 N–H and O–H groups in total. The number of aromatic amines is 2. The molecule has 1 heterocycles. The molecular formula is C14H21N3O4. The van der Waals surface area contributed by atoms with Gasteiger partial charge in [0.15, 0.2) is 0 Å². The lowest BCUT2D eigenvalue weighted by atomic mass is 10.0. The molecule has 116 valence electrons. The molecule has 1 rings (SSSR count). The molecule has 0 fully saturated rings. The van der Waals surface area contributed by atoms with Gasteiger partial charge < -0.3 is 15.4 Å². The van der Waals surface area contributed by atoms with Gasteiger partial charge in [-0.05, 0) is 25.3 Å². The Labute approximate surface area is 122 Å². The topological polar surface area (TPSA) is 115 Å². The molecule has 7 heteroatoms. The Morgan fingerprint density at radius 3 is 2.52 bits per heavy atom. The highest BCUT2D eigenvalue weighted by atomic mass is 16.3. The van der Waals surface area contributed by atoms with Gasteiger partial charge in [0.25, 0.3) is 5.56 Å². The number of nitrogens with one attached hydrogen (secondary N) is 3. The van der Waals surface area contributed by atoms with Crippen LogP contribution >= 0.6 is 0 Å². The van der Waals surface area contributed by atoms with Gasteiger partial charge in [0.05, 0.1) is 18.2 Å². The Morgan fingerprint density at radius 1 is 1.33 bits per heavy atom. The van der Waals surface area contributed by atoms with E-state index in [4.69, 9.17) is 0 Å². The van der Waals surface area contributed by atoms with Gasteiger partial charge in [0.2, 0.25) is 5.91 Å². The predicted molar refractivity (Wildman–Crippen MR) is 79.9 cm³/mol. The Bertz CT molecular complexity index is 628. The van der Waals surface area contributed by atoms with Gasteiger partial charge in [-0.2, -0.15) is 0 Å². The first kappa shape index (κ1) is 16.9. The molecule has 0 unspecified atom stereocenters. The van der Waals surface area contributed by atoms with Gasteiger partial charge in [-0.3, -0.25) is 14.6 Å². The molecule has 0 saturated carbocycles. The van der Waals surface area contributed by atoms with Crippen molar-refractivity contribution in [1.82, 2.24) is 15.3 Å². The Morgan fingerprint density at radius 2 is 2.00 bits per heavy atom. The minimum Gasteiger partial charge on any atom is -0.394 e. The molecular weight excluding hydrogens is 274 g/mol. The van der Waals surface area contributed by atoms with Crippen molar-refractivity contribution in [3.8, 4) is 0 Å². The first-order chi connectivity index (χ1) is 9.83. The lowest BCUT2D eigenvalue weighted by molar-refractivity contribution is -0.117. The number of amides is 1. The highest BCUT2D eigenvalue weighted by Gasteiger charge is 2.11. The first-order valence-electron chi connectivity index (χ1n) is 6.76. The first-order valence-corrected chi connectivity index (χ1v) is 6.76. The zero-order chi connectivity index (χ0) is 16.0. The van der Waals surface area contributed by atoms with Crippen LogP contribution < -0.4 is 16.6 Å². The third kappa shape index (κ3) is 5.39. The van der Waals surface area contributed by atoms with Crippen LogP contribution in [0, 0.1) is 12.8 Å². The SMILES string of the molecule is Cc1[nH]c(=O)[nH]c(=O)c1/C=C/C(=O)N[C@@H](CO)CC(C)C. The van der Waals surface area contributed by atoms with Crippen LogP contribution in [0.4, 0.5) is 0 Å². The quantitative estimate of drug-likeness (QED) is 0.549. The van der Waals surface area contributed by atoms with Crippen molar-refractivity contribution in [3.05, 3.63) is 38.2 Å². The molecule has 1 atom stereocenters. The Balaban J connectivity index is 2.79. The van der Waals surface area contributed by atoms with E-state index in [0.717, 1.165) is 0 Å². The molecule has 1 amide bonds. The van der Waals surface area contributed by atoms with Crippen LogP contribution in [0.25, 0.3) is 6.08 Å². The van der Waals surface area contributed by atoms with Crippen molar-refractivity contribution in [2.45, 2.75) is 33.2 Å². The summed E-state index contributed by atoms with van der Waals surface area (Å²) in [5.74, 6) is -0.0598. The van der Waals surface area contributed by atoms with Gasteiger partial charge in [0, 0.05) is 11.8 Å². The van der Waals surface area contributed by atoms with E-state index in [9.17, 15) is 19.5 Å².